The molecule has 2 aliphatic heterocycles. The Balaban J connectivity index is 2.04. The van der Waals surface area contributed by atoms with Gasteiger partial charge in [0.05, 0.1) is 17.0 Å². The highest BCUT2D eigenvalue weighted by Gasteiger charge is 2.46. The van der Waals surface area contributed by atoms with Gasteiger partial charge in [-0.1, -0.05) is 5.92 Å². The number of rotatable bonds is 2. The Morgan fingerprint density at radius 1 is 1.29 bits per heavy atom. The van der Waals surface area contributed by atoms with E-state index >= 15 is 0 Å². The highest BCUT2D eigenvalue weighted by Crippen LogP contribution is 2.38. The summed E-state index contributed by atoms with van der Waals surface area (Å²) in [5.74, 6) is 2.53. The van der Waals surface area contributed by atoms with Crippen molar-refractivity contribution in [1.29, 1.82) is 0 Å². The summed E-state index contributed by atoms with van der Waals surface area (Å²) < 4.78 is 23.5. The molecule has 2 bridgehead atoms. The molecule has 0 radical (unpaired) electrons. The average Bonchev–Trinajstić information content (AvgIpc) is 2.40. The van der Waals surface area contributed by atoms with Crippen molar-refractivity contribution in [2.45, 2.75) is 42.2 Å². The van der Waals surface area contributed by atoms with Crippen molar-refractivity contribution in [2.75, 3.05) is 6.54 Å². The van der Waals surface area contributed by atoms with Crippen LogP contribution in [-0.4, -0.2) is 31.5 Å². The summed E-state index contributed by atoms with van der Waals surface area (Å²) in [6, 6.07) is 0.312. The van der Waals surface area contributed by atoms with Crippen molar-refractivity contribution < 1.29 is 8.42 Å². The molecule has 2 saturated heterocycles. The molecule has 2 aliphatic rings. The van der Waals surface area contributed by atoms with Crippen LogP contribution >= 0.6 is 0 Å². The fraction of sp³-hybridized carbons (Fsp3) is 0.800. The molecule has 1 N–H and O–H groups in total. The molecule has 2 fully saturated rings. The fourth-order valence-corrected chi connectivity index (χ4v) is 5.05. The van der Waals surface area contributed by atoms with Gasteiger partial charge in [-0.15, -0.1) is 6.42 Å². The molecule has 0 spiro atoms. The van der Waals surface area contributed by atoms with Crippen molar-refractivity contribution in [2.24, 2.45) is 0 Å². The molecule has 4 heteroatoms. The summed E-state index contributed by atoms with van der Waals surface area (Å²) in [4.78, 5) is 0. The van der Waals surface area contributed by atoms with Gasteiger partial charge in [0.1, 0.15) is 0 Å². The molecule has 2 heterocycles. The van der Waals surface area contributed by atoms with Gasteiger partial charge in [-0.05, 0) is 25.7 Å². The zero-order valence-electron chi connectivity index (χ0n) is 8.07. The van der Waals surface area contributed by atoms with Gasteiger partial charge in [-0.2, -0.15) is 0 Å². The molecule has 0 amide bonds. The van der Waals surface area contributed by atoms with E-state index in [9.17, 15) is 8.42 Å². The quantitative estimate of drug-likeness (QED) is 0.672. The maximum Gasteiger partial charge on any atom is 0.156 e. The van der Waals surface area contributed by atoms with Gasteiger partial charge in [-0.25, -0.2) is 8.42 Å². The molecule has 2 rings (SSSR count). The molecule has 0 aliphatic carbocycles. The van der Waals surface area contributed by atoms with Gasteiger partial charge in [-0.3, -0.25) is 0 Å². The molecule has 0 saturated carbocycles. The Hall–Kier alpha value is -0.530. The number of terminal acetylenes is 1. The molecule has 78 valence electrons. The summed E-state index contributed by atoms with van der Waals surface area (Å²) in [6.45, 7) is 0.546. The average molecular weight is 213 g/mol. The van der Waals surface area contributed by atoms with Crippen LogP contribution < -0.4 is 5.32 Å². The Morgan fingerprint density at radius 2 is 1.86 bits per heavy atom. The topological polar surface area (TPSA) is 46.2 Å². The fourth-order valence-electron chi connectivity index (χ4n) is 2.58. The SMILES string of the molecule is C#CCNC1CC2CCC(C1)S2(=O)=O. The van der Waals surface area contributed by atoms with Crippen LogP contribution in [0.1, 0.15) is 25.7 Å². The van der Waals surface area contributed by atoms with E-state index in [0.717, 1.165) is 25.7 Å². The van der Waals surface area contributed by atoms with Gasteiger partial charge in [0.2, 0.25) is 0 Å². The lowest BCUT2D eigenvalue weighted by Crippen LogP contribution is -2.42. The third-order valence-electron chi connectivity index (χ3n) is 3.33. The van der Waals surface area contributed by atoms with Crippen LogP contribution in [0.2, 0.25) is 0 Å². The van der Waals surface area contributed by atoms with E-state index in [2.05, 4.69) is 11.2 Å². The minimum Gasteiger partial charge on any atom is -0.303 e. The van der Waals surface area contributed by atoms with Crippen LogP contribution in [-0.2, 0) is 9.84 Å². The molecule has 3 nitrogen and oxygen atoms in total. The molecule has 14 heavy (non-hydrogen) atoms. The Kier molecular flexibility index (Phi) is 2.54. The zero-order chi connectivity index (χ0) is 10.2. The highest BCUT2D eigenvalue weighted by molar-refractivity contribution is 7.93. The molecular formula is C10H15NO2S. The Labute approximate surface area is 85.2 Å². The maximum atomic E-state index is 11.7. The molecule has 2 atom stereocenters. The summed E-state index contributed by atoms with van der Waals surface area (Å²) in [7, 11) is -2.78. The second kappa shape index (κ2) is 3.56. The Bertz CT molecular complexity index is 335. The summed E-state index contributed by atoms with van der Waals surface area (Å²) >= 11 is 0. The largest absolute Gasteiger partial charge is 0.303 e. The minimum atomic E-state index is -2.78. The molecule has 0 aromatic rings. The first kappa shape index (κ1) is 10.0. The van der Waals surface area contributed by atoms with Gasteiger partial charge in [0.15, 0.2) is 9.84 Å². The van der Waals surface area contributed by atoms with E-state index in [0.29, 0.717) is 12.6 Å². The first-order chi connectivity index (χ1) is 6.64. The lowest BCUT2D eigenvalue weighted by molar-refractivity contribution is 0.449. The second-order valence-electron chi connectivity index (χ2n) is 4.16. The number of hydrogen-bond donors (Lipinski definition) is 1. The van der Waals surface area contributed by atoms with Gasteiger partial charge >= 0.3 is 0 Å². The van der Waals surface area contributed by atoms with Crippen molar-refractivity contribution in [1.82, 2.24) is 5.32 Å². The van der Waals surface area contributed by atoms with Crippen LogP contribution in [0, 0.1) is 12.3 Å². The third-order valence-corrected chi connectivity index (χ3v) is 6.04. The zero-order valence-corrected chi connectivity index (χ0v) is 8.89. The van der Waals surface area contributed by atoms with Gasteiger partial charge in [0.25, 0.3) is 0 Å². The van der Waals surface area contributed by atoms with Crippen LogP contribution in [0.15, 0.2) is 0 Å². The molecule has 0 aromatic carbocycles. The molecule has 2 unspecified atom stereocenters. The smallest absolute Gasteiger partial charge is 0.156 e. The second-order valence-corrected chi connectivity index (χ2v) is 6.68. The van der Waals surface area contributed by atoms with Crippen molar-refractivity contribution in [3.05, 3.63) is 0 Å². The number of fused-ring (bicyclic) bond motifs is 2. The van der Waals surface area contributed by atoms with Gasteiger partial charge in [0, 0.05) is 6.04 Å². The predicted octanol–water partition coefficient (Wildman–Crippen LogP) is 0.317. The van der Waals surface area contributed by atoms with E-state index in [1.54, 1.807) is 0 Å². The van der Waals surface area contributed by atoms with Crippen LogP contribution in [0.5, 0.6) is 0 Å². The van der Waals surface area contributed by atoms with E-state index in [-0.39, 0.29) is 10.5 Å². The summed E-state index contributed by atoms with van der Waals surface area (Å²) in [5.41, 5.74) is 0. The van der Waals surface area contributed by atoms with Crippen LogP contribution in [0.3, 0.4) is 0 Å². The Morgan fingerprint density at radius 3 is 2.36 bits per heavy atom. The normalized spacial score (nSPS) is 39.2. The molecular weight excluding hydrogens is 198 g/mol. The van der Waals surface area contributed by atoms with Gasteiger partial charge < -0.3 is 5.32 Å². The number of nitrogens with one attached hydrogen (secondary N) is 1. The lowest BCUT2D eigenvalue weighted by Gasteiger charge is -2.28. The van der Waals surface area contributed by atoms with E-state index in [1.165, 1.54) is 0 Å². The highest BCUT2D eigenvalue weighted by atomic mass is 32.2. The third kappa shape index (κ3) is 1.55. The first-order valence-corrected chi connectivity index (χ1v) is 6.65. The van der Waals surface area contributed by atoms with Crippen molar-refractivity contribution in [3.63, 3.8) is 0 Å². The number of sulfone groups is 1. The van der Waals surface area contributed by atoms with Crippen LogP contribution in [0.25, 0.3) is 0 Å². The van der Waals surface area contributed by atoms with E-state index < -0.39 is 9.84 Å². The maximum absolute atomic E-state index is 11.7. The first-order valence-electron chi connectivity index (χ1n) is 5.04. The van der Waals surface area contributed by atoms with Crippen molar-refractivity contribution in [3.8, 4) is 12.3 Å². The van der Waals surface area contributed by atoms with Crippen molar-refractivity contribution >= 4 is 9.84 Å². The molecule has 0 aromatic heterocycles. The van der Waals surface area contributed by atoms with E-state index in [4.69, 9.17) is 6.42 Å². The monoisotopic (exact) mass is 213 g/mol. The van der Waals surface area contributed by atoms with E-state index in [1.807, 2.05) is 0 Å². The number of hydrogen-bond acceptors (Lipinski definition) is 3. The predicted molar refractivity (Wildman–Crippen MR) is 55.6 cm³/mol. The summed E-state index contributed by atoms with van der Waals surface area (Å²) in [5, 5.41) is 3.01. The standard InChI is InChI=1S/C10H15NO2S/c1-2-5-11-8-6-9-3-4-10(7-8)14(9,12)13/h1,8-11H,3-7H2. The summed E-state index contributed by atoms with van der Waals surface area (Å²) in [6.07, 6.45) is 8.35. The lowest BCUT2D eigenvalue weighted by atomic mass is 10.1. The van der Waals surface area contributed by atoms with Crippen LogP contribution in [0.4, 0.5) is 0 Å². The minimum absolute atomic E-state index is 0.100.